The van der Waals surface area contributed by atoms with Crippen molar-refractivity contribution in [3.63, 3.8) is 0 Å². The lowest BCUT2D eigenvalue weighted by atomic mass is 10.2. The van der Waals surface area contributed by atoms with Gasteiger partial charge < -0.3 is 15.3 Å². The fourth-order valence-electron chi connectivity index (χ4n) is 1.18. The molecule has 3 nitrogen and oxygen atoms in total. The maximum absolute atomic E-state index is 12.0. The van der Waals surface area contributed by atoms with Crippen LogP contribution in [0.25, 0.3) is 0 Å². The van der Waals surface area contributed by atoms with E-state index in [1.807, 2.05) is 6.07 Å². The van der Waals surface area contributed by atoms with Crippen molar-refractivity contribution in [1.29, 1.82) is 0 Å². The van der Waals surface area contributed by atoms with Crippen LogP contribution in [0.1, 0.15) is 5.56 Å². The number of phenols is 3. The minimum absolute atomic E-state index is 0.322. The lowest BCUT2D eigenvalue weighted by Gasteiger charge is -2.08. The summed E-state index contributed by atoms with van der Waals surface area (Å²) in [5.41, 5.74) is -1.23. The molecule has 0 aliphatic heterocycles. The van der Waals surface area contributed by atoms with Crippen molar-refractivity contribution >= 4 is 0 Å². The van der Waals surface area contributed by atoms with E-state index in [4.69, 9.17) is 15.3 Å². The second-order valence-corrected chi connectivity index (χ2v) is 3.53. The van der Waals surface area contributed by atoms with Gasteiger partial charge in [0.15, 0.2) is 0 Å². The molecular formula is C13H11F3O3. The van der Waals surface area contributed by atoms with E-state index in [2.05, 4.69) is 0 Å². The van der Waals surface area contributed by atoms with Gasteiger partial charge >= 0.3 is 6.18 Å². The van der Waals surface area contributed by atoms with E-state index in [9.17, 15) is 13.2 Å². The highest BCUT2D eigenvalue weighted by Gasteiger charge is 2.34. The summed E-state index contributed by atoms with van der Waals surface area (Å²) in [6.45, 7) is 0. The predicted octanol–water partition coefficient (Wildman–Crippen LogP) is 3.51. The molecule has 0 aromatic heterocycles. The highest BCUT2D eigenvalue weighted by atomic mass is 19.4. The predicted molar refractivity (Wildman–Crippen MR) is 62.9 cm³/mol. The fraction of sp³-hybridized carbons (Fsp3) is 0.0769. The minimum atomic E-state index is -4.64. The molecule has 0 spiro atoms. The lowest BCUT2D eigenvalue weighted by molar-refractivity contribution is -0.138. The lowest BCUT2D eigenvalue weighted by Crippen LogP contribution is -2.04. The largest absolute Gasteiger partial charge is 0.508 e. The molecule has 6 heteroatoms. The van der Waals surface area contributed by atoms with Crippen molar-refractivity contribution in [3.05, 3.63) is 54.1 Å². The smallest absolute Gasteiger partial charge is 0.420 e. The Morgan fingerprint density at radius 1 is 0.737 bits per heavy atom. The molecule has 0 saturated carbocycles. The highest BCUT2D eigenvalue weighted by Crippen LogP contribution is 2.37. The number of benzene rings is 2. The topological polar surface area (TPSA) is 60.7 Å². The van der Waals surface area contributed by atoms with Crippen LogP contribution in [0.2, 0.25) is 0 Å². The molecule has 2 aromatic rings. The molecule has 0 fully saturated rings. The van der Waals surface area contributed by atoms with Crippen LogP contribution in [0.3, 0.4) is 0 Å². The molecule has 0 aliphatic carbocycles. The van der Waals surface area contributed by atoms with Crippen LogP contribution in [0.4, 0.5) is 13.2 Å². The van der Waals surface area contributed by atoms with Crippen LogP contribution >= 0.6 is 0 Å². The average molecular weight is 272 g/mol. The Balaban J connectivity index is 0.000000218. The fourth-order valence-corrected chi connectivity index (χ4v) is 1.18. The number of halogens is 3. The molecule has 0 radical (unpaired) electrons. The summed E-state index contributed by atoms with van der Waals surface area (Å²) in [7, 11) is 0. The third-order valence-electron chi connectivity index (χ3n) is 2.04. The van der Waals surface area contributed by atoms with Crippen molar-refractivity contribution < 1.29 is 28.5 Å². The monoisotopic (exact) mass is 272 g/mol. The zero-order chi connectivity index (χ0) is 14.5. The van der Waals surface area contributed by atoms with Gasteiger partial charge in [-0.2, -0.15) is 13.2 Å². The van der Waals surface area contributed by atoms with Crippen molar-refractivity contribution in [1.82, 2.24) is 0 Å². The summed E-state index contributed by atoms with van der Waals surface area (Å²) in [6.07, 6.45) is -4.64. The summed E-state index contributed by atoms with van der Waals surface area (Å²) in [6, 6.07) is 10.9. The molecule has 3 N–H and O–H groups in total. The molecule has 0 bridgehead atoms. The van der Waals surface area contributed by atoms with Crippen molar-refractivity contribution in [2.45, 2.75) is 6.18 Å². The van der Waals surface area contributed by atoms with Gasteiger partial charge in [0.1, 0.15) is 22.8 Å². The van der Waals surface area contributed by atoms with E-state index < -0.39 is 23.2 Å². The Morgan fingerprint density at radius 3 is 1.68 bits per heavy atom. The number of alkyl halides is 3. The SMILES string of the molecule is Oc1ccc(O)c(C(F)(F)F)c1.Oc1ccccc1. The van der Waals surface area contributed by atoms with Crippen LogP contribution in [0.15, 0.2) is 48.5 Å². The third kappa shape index (κ3) is 4.79. The maximum atomic E-state index is 12.0. The molecule has 0 unspecified atom stereocenters. The molecule has 102 valence electrons. The third-order valence-corrected chi connectivity index (χ3v) is 2.04. The molecule has 19 heavy (non-hydrogen) atoms. The van der Waals surface area contributed by atoms with Crippen LogP contribution in [0.5, 0.6) is 17.2 Å². The molecule has 2 rings (SSSR count). The highest BCUT2D eigenvalue weighted by molar-refractivity contribution is 5.40. The quantitative estimate of drug-likeness (QED) is 0.643. The summed E-state index contributed by atoms with van der Waals surface area (Å²) in [5.74, 6) is -1.09. The number of para-hydroxylation sites is 1. The van der Waals surface area contributed by atoms with Gasteiger partial charge in [0.2, 0.25) is 0 Å². The van der Waals surface area contributed by atoms with Gasteiger partial charge in [-0.3, -0.25) is 0 Å². The van der Waals surface area contributed by atoms with E-state index in [1.165, 1.54) is 0 Å². The summed E-state index contributed by atoms with van der Waals surface area (Å²) >= 11 is 0. The standard InChI is InChI=1S/C7H5F3O2.C6H6O/c8-7(9,10)5-3-4(11)1-2-6(5)12;7-6-4-2-1-3-5-6/h1-3,11-12H;1-5,7H. The second kappa shape index (κ2) is 5.99. The molecule has 0 heterocycles. The van der Waals surface area contributed by atoms with E-state index in [0.29, 0.717) is 11.8 Å². The average Bonchev–Trinajstić information content (AvgIpc) is 2.33. The van der Waals surface area contributed by atoms with Gasteiger partial charge in [-0.25, -0.2) is 0 Å². The molecule has 0 amide bonds. The van der Waals surface area contributed by atoms with Crippen molar-refractivity contribution in [2.75, 3.05) is 0 Å². The van der Waals surface area contributed by atoms with Crippen molar-refractivity contribution in [2.24, 2.45) is 0 Å². The molecule has 2 aromatic carbocycles. The Kier molecular flexibility index (Phi) is 4.63. The minimum Gasteiger partial charge on any atom is -0.508 e. The Hall–Kier alpha value is -2.37. The van der Waals surface area contributed by atoms with Gasteiger partial charge in [-0.05, 0) is 30.3 Å². The number of phenolic OH excluding ortho intramolecular Hbond substituents is 3. The first-order valence-electron chi connectivity index (χ1n) is 5.14. The zero-order valence-electron chi connectivity index (χ0n) is 9.59. The maximum Gasteiger partial charge on any atom is 0.420 e. The van der Waals surface area contributed by atoms with Crippen LogP contribution < -0.4 is 0 Å². The second-order valence-electron chi connectivity index (χ2n) is 3.53. The summed E-state index contributed by atoms with van der Waals surface area (Å²) in [5, 5.41) is 26.1. The number of aromatic hydroxyl groups is 3. The van der Waals surface area contributed by atoms with E-state index >= 15 is 0 Å². The molecule has 0 saturated heterocycles. The zero-order valence-corrected chi connectivity index (χ0v) is 9.59. The Morgan fingerprint density at radius 2 is 1.32 bits per heavy atom. The van der Waals surface area contributed by atoms with Crippen molar-refractivity contribution in [3.8, 4) is 17.2 Å². The first-order chi connectivity index (χ1) is 8.80. The first-order valence-corrected chi connectivity index (χ1v) is 5.14. The van der Waals surface area contributed by atoms with E-state index in [0.717, 1.165) is 12.1 Å². The summed E-state index contributed by atoms with van der Waals surface area (Å²) < 4.78 is 35.9. The van der Waals surface area contributed by atoms with Gasteiger partial charge in [0, 0.05) is 0 Å². The number of hydrogen-bond acceptors (Lipinski definition) is 3. The van der Waals surface area contributed by atoms with Crippen LogP contribution in [-0.4, -0.2) is 15.3 Å². The van der Waals surface area contributed by atoms with Gasteiger partial charge in [0.05, 0.1) is 0 Å². The van der Waals surface area contributed by atoms with Crippen LogP contribution in [0, 0.1) is 0 Å². The number of rotatable bonds is 0. The summed E-state index contributed by atoms with van der Waals surface area (Å²) in [4.78, 5) is 0. The van der Waals surface area contributed by atoms with E-state index in [1.54, 1.807) is 24.3 Å². The normalized spacial score (nSPS) is 10.5. The van der Waals surface area contributed by atoms with Gasteiger partial charge in [-0.15, -0.1) is 0 Å². The van der Waals surface area contributed by atoms with Gasteiger partial charge in [0.25, 0.3) is 0 Å². The number of hydrogen-bond donors (Lipinski definition) is 3. The molecular weight excluding hydrogens is 261 g/mol. The van der Waals surface area contributed by atoms with E-state index in [-0.39, 0.29) is 0 Å². The molecule has 0 atom stereocenters. The van der Waals surface area contributed by atoms with Gasteiger partial charge in [-0.1, -0.05) is 18.2 Å². The first kappa shape index (κ1) is 14.7. The molecule has 0 aliphatic rings. The Bertz CT molecular complexity index is 524. The van der Waals surface area contributed by atoms with Crippen LogP contribution in [-0.2, 0) is 6.18 Å². The Labute approximate surface area is 107 Å².